The molecule has 0 aliphatic heterocycles. The maximum absolute atomic E-state index is 12.6. The Morgan fingerprint density at radius 2 is 2.00 bits per heavy atom. The summed E-state index contributed by atoms with van der Waals surface area (Å²) in [5, 5.41) is 0. The smallest absolute Gasteiger partial charge is 0.143 e. The Morgan fingerprint density at radius 3 is 2.69 bits per heavy atom. The molecule has 0 fully saturated rings. The molecule has 2 aromatic rings. The second-order valence-electron chi connectivity index (χ2n) is 2.54. The molecule has 0 atom stereocenters. The number of nitrogens with zero attached hydrogens (tertiary/aromatic N) is 1. The van der Waals surface area contributed by atoms with Crippen LogP contribution in [0.25, 0.3) is 11.0 Å². The summed E-state index contributed by atoms with van der Waals surface area (Å²) in [5.74, 6) is -0.306. The number of hydrogen-bond donors (Lipinski definition) is 1. The van der Waals surface area contributed by atoms with Gasteiger partial charge in [0.25, 0.3) is 0 Å². The number of H-pyrrole nitrogens is 1. The van der Waals surface area contributed by atoms with Gasteiger partial charge in [0.1, 0.15) is 5.82 Å². The van der Waals surface area contributed by atoms with Crippen molar-refractivity contribution in [3.05, 3.63) is 29.8 Å². The summed E-state index contributed by atoms with van der Waals surface area (Å²) >= 11 is 0. The summed E-state index contributed by atoms with van der Waals surface area (Å²) in [6, 6.07) is 3.32. The number of pyridine rings is 1. The highest BCUT2D eigenvalue weighted by molar-refractivity contribution is 5.75. The lowest BCUT2D eigenvalue weighted by Crippen LogP contribution is -1.77. The molecule has 0 saturated heterocycles. The van der Waals surface area contributed by atoms with Crippen molar-refractivity contribution >= 4 is 11.0 Å². The molecule has 70 valence electrons. The van der Waals surface area contributed by atoms with Crippen molar-refractivity contribution in [2.45, 2.75) is 20.8 Å². The van der Waals surface area contributed by atoms with Crippen LogP contribution in [0.3, 0.4) is 0 Å². The predicted molar refractivity (Wildman–Crippen MR) is 52.1 cm³/mol. The molecule has 0 saturated carbocycles. The first-order chi connectivity index (χ1) is 6.25. The Balaban J connectivity index is 0.000000396. The maximum Gasteiger partial charge on any atom is 0.143 e. The van der Waals surface area contributed by atoms with Gasteiger partial charge in [0, 0.05) is 11.8 Å². The molecule has 2 aromatic heterocycles. The average molecular weight is 180 g/mol. The van der Waals surface area contributed by atoms with Crippen molar-refractivity contribution in [3.8, 4) is 0 Å². The van der Waals surface area contributed by atoms with Crippen LogP contribution in [-0.2, 0) is 0 Å². The van der Waals surface area contributed by atoms with Gasteiger partial charge in [-0.15, -0.1) is 0 Å². The second-order valence-corrected chi connectivity index (χ2v) is 2.54. The standard InChI is InChI=1S/C8H7FN2.C2H6/c1-5-2-7-8(11-5)3-6(9)4-10-7;1-2/h2-4,11H,1H3;1-2H3. The van der Waals surface area contributed by atoms with Crippen LogP contribution in [0.5, 0.6) is 0 Å². The zero-order chi connectivity index (χ0) is 9.84. The van der Waals surface area contributed by atoms with E-state index in [-0.39, 0.29) is 5.82 Å². The highest BCUT2D eigenvalue weighted by Gasteiger charge is 1.98. The number of aromatic nitrogens is 2. The monoisotopic (exact) mass is 180 g/mol. The van der Waals surface area contributed by atoms with Gasteiger partial charge in [-0.2, -0.15) is 0 Å². The zero-order valence-electron chi connectivity index (χ0n) is 8.06. The van der Waals surface area contributed by atoms with Crippen LogP contribution in [0, 0.1) is 12.7 Å². The van der Waals surface area contributed by atoms with E-state index in [0.29, 0.717) is 0 Å². The first-order valence-corrected chi connectivity index (χ1v) is 4.36. The summed E-state index contributed by atoms with van der Waals surface area (Å²) in [6.45, 7) is 5.92. The van der Waals surface area contributed by atoms with E-state index in [2.05, 4.69) is 9.97 Å². The molecular formula is C10H13FN2. The van der Waals surface area contributed by atoms with Gasteiger partial charge in [0.05, 0.1) is 17.2 Å². The molecule has 0 spiro atoms. The molecule has 0 aliphatic rings. The van der Waals surface area contributed by atoms with Gasteiger partial charge in [-0.05, 0) is 13.0 Å². The van der Waals surface area contributed by atoms with Gasteiger partial charge in [0.2, 0.25) is 0 Å². The van der Waals surface area contributed by atoms with Crippen molar-refractivity contribution in [1.29, 1.82) is 0 Å². The van der Waals surface area contributed by atoms with E-state index in [1.54, 1.807) is 0 Å². The lowest BCUT2D eigenvalue weighted by Gasteiger charge is -1.87. The number of rotatable bonds is 0. The van der Waals surface area contributed by atoms with Gasteiger partial charge in [-0.25, -0.2) is 4.39 Å². The molecule has 0 amide bonds. The van der Waals surface area contributed by atoms with Crippen LogP contribution in [0.1, 0.15) is 19.5 Å². The number of nitrogens with one attached hydrogen (secondary N) is 1. The third-order valence-electron chi connectivity index (χ3n) is 1.57. The summed E-state index contributed by atoms with van der Waals surface area (Å²) in [7, 11) is 0. The normalized spacial score (nSPS) is 9.54. The fourth-order valence-electron chi connectivity index (χ4n) is 1.12. The lowest BCUT2D eigenvalue weighted by atomic mass is 10.4. The predicted octanol–water partition coefficient (Wildman–Crippen LogP) is 3.04. The van der Waals surface area contributed by atoms with E-state index in [1.165, 1.54) is 12.3 Å². The zero-order valence-corrected chi connectivity index (χ0v) is 8.06. The SMILES string of the molecule is CC.Cc1cc2ncc(F)cc2[nH]1. The molecular weight excluding hydrogens is 167 g/mol. The number of hydrogen-bond acceptors (Lipinski definition) is 1. The highest BCUT2D eigenvalue weighted by atomic mass is 19.1. The van der Waals surface area contributed by atoms with Crippen LogP contribution >= 0.6 is 0 Å². The Kier molecular flexibility index (Phi) is 3.01. The van der Waals surface area contributed by atoms with Crippen LogP contribution in [0.4, 0.5) is 4.39 Å². The lowest BCUT2D eigenvalue weighted by molar-refractivity contribution is 0.624. The fraction of sp³-hybridized carbons (Fsp3) is 0.300. The van der Waals surface area contributed by atoms with Crippen molar-refractivity contribution in [1.82, 2.24) is 9.97 Å². The number of fused-ring (bicyclic) bond motifs is 1. The molecule has 13 heavy (non-hydrogen) atoms. The Hall–Kier alpha value is -1.38. The van der Waals surface area contributed by atoms with Gasteiger partial charge in [-0.3, -0.25) is 4.98 Å². The van der Waals surface area contributed by atoms with Crippen LogP contribution in [0.2, 0.25) is 0 Å². The molecule has 0 unspecified atom stereocenters. The molecule has 0 aromatic carbocycles. The Bertz CT molecular complexity index is 393. The van der Waals surface area contributed by atoms with Gasteiger partial charge in [0.15, 0.2) is 0 Å². The molecule has 2 rings (SSSR count). The topological polar surface area (TPSA) is 28.7 Å². The summed E-state index contributed by atoms with van der Waals surface area (Å²) in [5.41, 5.74) is 2.56. The Morgan fingerprint density at radius 1 is 1.31 bits per heavy atom. The average Bonchev–Trinajstić information content (AvgIpc) is 2.48. The van der Waals surface area contributed by atoms with E-state index in [4.69, 9.17) is 0 Å². The van der Waals surface area contributed by atoms with Gasteiger partial charge < -0.3 is 4.98 Å². The van der Waals surface area contributed by atoms with E-state index in [9.17, 15) is 4.39 Å². The number of halogens is 1. The molecule has 0 radical (unpaired) electrons. The molecule has 0 bridgehead atoms. The molecule has 2 heterocycles. The quantitative estimate of drug-likeness (QED) is 0.663. The van der Waals surface area contributed by atoms with Crippen LogP contribution in [-0.4, -0.2) is 9.97 Å². The molecule has 1 N–H and O–H groups in total. The summed E-state index contributed by atoms with van der Waals surface area (Å²) in [4.78, 5) is 6.89. The number of aromatic amines is 1. The molecule has 3 heteroatoms. The first kappa shape index (κ1) is 9.71. The summed E-state index contributed by atoms with van der Waals surface area (Å²) in [6.07, 6.45) is 1.22. The Labute approximate surface area is 76.8 Å². The van der Waals surface area contributed by atoms with Crippen LogP contribution in [0.15, 0.2) is 18.3 Å². The number of aryl methyl sites for hydroxylation is 1. The van der Waals surface area contributed by atoms with Crippen molar-refractivity contribution in [2.24, 2.45) is 0 Å². The largest absolute Gasteiger partial charge is 0.357 e. The molecule has 0 aliphatic carbocycles. The second kappa shape index (κ2) is 4.03. The van der Waals surface area contributed by atoms with Gasteiger partial charge >= 0.3 is 0 Å². The van der Waals surface area contributed by atoms with Crippen molar-refractivity contribution < 1.29 is 4.39 Å². The third kappa shape index (κ3) is 2.05. The minimum atomic E-state index is -0.306. The van der Waals surface area contributed by atoms with E-state index < -0.39 is 0 Å². The van der Waals surface area contributed by atoms with E-state index in [1.807, 2.05) is 26.8 Å². The van der Waals surface area contributed by atoms with Crippen LogP contribution < -0.4 is 0 Å². The van der Waals surface area contributed by atoms with Gasteiger partial charge in [-0.1, -0.05) is 13.8 Å². The van der Waals surface area contributed by atoms with Crippen molar-refractivity contribution in [3.63, 3.8) is 0 Å². The first-order valence-electron chi connectivity index (χ1n) is 4.36. The van der Waals surface area contributed by atoms with E-state index in [0.717, 1.165) is 16.7 Å². The molecule has 2 nitrogen and oxygen atoms in total. The maximum atomic E-state index is 12.6. The minimum absolute atomic E-state index is 0.306. The van der Waals surface area contributed by atoms with E-state index >= 15 is 0 Å². The third-order valence-corrected chi connectivity index (χ3v) is 1.57. The van der Waals surface area contributed by atoms with Crippen molar-refractivity contribution in [2.75, 3.05) is 0 Å². The highest BCUT2D eigenvalue weighted by Crippen LogP contribution is 2.12. The fourth-order valence-corrected chi connectivity index (χ4v) is 1.12. The minimum Gasteiger partial charge on any atom is -0.357 e. The summed E-state index contributed by atoms with van der Waals surface area (Å²) < 4.78 is 12.6.